The van der Waals surface area contributed by atoms with E-state index in [0.717, 1.165) is 0 Å². The van der Waals surface area contributed by atoms with Gasteiger partial charge in [0.15, 0.2) is 0 Å². The van der Waals surface area contributed by atoms with Gasteiger partial charge in [-0.05, 0) is 0 Å². The summed E-state index contributed by atoms with van der Waals surface area (Å²) in [5.74, 6) is 0. The molecule has 3 heteroatoms. The van der Waals surface area contributed by atoms with Crippen LogP contribution >= 0.6 is 0 Å². The summed E-state index contributed by atoms with van der Waals surface area (Å²) in [6.45, 7) is 0. The van der Waals surface area contributed by atoms with Crippen molar-refractivity contribution >= 4 is 0 Å². The van der Waals surface area contributed by atoms with Crippen LogP contribution in [0.5, 0.6) is 0 Å². The van der Waals surface area contributed by atoms with Crippen LogP contribution in [0.15, 0.2) is 5.29 Å². The van der Waals surface area contributed by atoms with Crippen LogP contribution in [0, 0.1) is 17.4 Å². The third-order valence-electron chi connectivity index (χ3n) is 0.110. The summed E-state index contributed by atoms with van der Waals surface area (Å²) < 4.78 is 0. The molecule has 1 N–H and O–H groups in total. The molecule has 5 heavy (non-hydrogen) atoms. The van der Waals surface area contributed by atoms with Crippen molar-refractivity contribution in [2.24, 2.45) is 5.29 Å². The molecule has 0 aliphatic heterocycles. The fourth-order valence-electron chi connectivity index (χ4n) is 0.0264. The lowest BCUT2D eigenvalue weighted by Gasteiger charge is -1.63. The van der Waals surface area contributed by atoms with Crippen molar-refractivity contribution < 1.29 is 0 Å². The van der Waals surface area contributed by atoms with E-state index in [1.807, 2.05) is 0 Å². The Kier molecular flexibility index (Phi) is 2.34. The van der Waals surface area contributed by atoms with Gasteiger partial charge in [-0.1, -0.05) is 6.42 Å². The second-order valence-corrected chi connectivity index (χ2v) is 0.347. The van der Waals surface area contributed by atoms with E-state index in [1.165, 1.54) is 0 Å². The highest BCUT2D eigenvalue weighted by atomic mass is 16.3. The zero-order chi connectivity index (χ0) is 4.12. The number of hydrogen-bond donors (Lipinski definition) is 1. The zero-order valence-corrected chi connectivity index (χ0v) is 2.43. The molecular weight excluding hydrogens is 68.0 g/mol. The molecule has 0 amide bonds. The summed E-state index contributed by atoms with van der Waals surface area (Å²) in [5, 5.41) is 2.12. The normalized spacial score (nSPS) is 4.60. The van der Waals surface area contributed by atoms with E-state index >= 15 is 0 Å². The second kappa shape index (κ2) is 2.96. The highest BCUT2D eigenvalue weighted by Crippen LogP contribution is 1.38. The first-order chi connectivity index (χ1) is 2.41. The van der Waals surface area contributed by atoms with Gasteiger partial charge in [0.25, 0.3) is 0 Å². The molecule has 0 aromatic rings. The molecule has 0 atom stereocenters. The minimum absolute atomic E-state index is 1.71. The van der Waals surface area contributed by atoms with E-state index in [9.17, 15) is 0 Å². The fraction of sp³-hybridized carbons (Fsp3) is 0. The van der Waals surface area contributed by atoms with Gasteiger partial charge in [-0.2, -0.15) is 5.43 Å². The van der Waals surface area contributed by atoms with Crippen LogP contribution in [0.4, 0.5) is 0 Å². The molecule has 0 spiro atoms. The summed E-state index contributed by atoms with van der Waals surface area (Å²) in [6, 6.07) is 1.79. The van der Waals surface area contributed by atoms with E-state index in [0.29, 0.717) is 0 Å². The Bertz CT molecular complexity index is 62.5. The fourth-order valence-corrected chi connectivity index (χ4v) is 0.0264. The average molecular weight is 70.1 g/mol. The SMILES string of the molecule is C#CNN=O. The van der Waals surface area contributed by atoms with Gasteiger partial charge in [0.2, 0.25) is 0 Å². The predicted molar refractivity (Wildman–Crippen MR) is 17.8 cm³/mol. The van der Waals surface area contributed by atoms with Crippen LogP contribution in [-0.2, 0) is 0 Å². The Morgan fingerprint density at radius 2 is 2.60 bits per heavy atom. The van der Waals surface area contributed by atoms with Crippen molar-refractivity contribution in [1.29, 1.82) is 0 Å². The van der Waals surface area contributed by atoms with Crippen molar-refractivity contribution in [2.45, 2.75) is 0 Å². The van der Waals surface area contributed by atoms with Crippen molar-refractivity contribution in [2.75, 3.05) is 0 Å². The summed E-state index contributed by atoms with van der Waals surface area (Å²) in [5.41, 5.74) is 1.71. The molecule has 3 nitrogen and oxygen atoms in total. The first-order valence-corrected chi connectivity index (χ1v) is 0.945. The Morgan fingerprint density at radius 1 is 2.00 bits per heavy atom. The topological polar surface area (TPSA) is 41.5 Å². The molecule has 0 aliphatic rings. The van der Waals surface area contributed by atoms with Crippen LogP contribution in [-0.4, -0.2) is 0 Å². The first kappa shape index (κ1) is 3.96. The van der Waals surface area contributed by atoms with Gasteiger partial charge in [-0.25, -0.2) is 0 Å². The number of nitrogens with one attached hydrogen (secondary N) is 1. The maximum atomic E-state index is 8.90. The lowest BCUT2D eigenvalue weighted by Crippen LogP contribution is -1.86. The molecule has 0 aliphatic carbocycles. The van der Waals surface area contributed by atoms with Crippen LogP contribution in [0.1, 0.15) is 0 Å². The zero-order valence-electron chi connectivity index (χ0n) is 2.43. The van der Waals surface area contributed by atoms with Gasteiger partial charge in [0.05, 0.1) is 5.29 Å². The minimum Gasteiger partial charge on any atom is -0.199 e. The van der Waals surface area contributed by atoms with Crippen molar-refractivity contribution in [3.63, 3.8) is 0 Å². The highest BCUT2D eigenvalue weighted by Gasteiger charge is 1.49. The molecule has 0 bridgehead atoms. The van der Waals surface area contributed by atoms with Crippen molar-refractivity contribution in [1.82, 2.24) is 5.43 Å². The van der Waals surface area contributed by atoms with Crippen LogP contribution in [0.3, 0.4) is 0 Å². The third-order valence-corrected chi connectivity index (χ3v) is 0.110. The van der Waals surface area contributed by atoms with Gasteiger partial charge >= 0.3 is 0 Å². The molecule has 0 saturated carbocycles. The summed E-state index contributed by atoms with van der Waals surface area (Å²) in [6.07, 6.45) is 4.48. The van der Waals surface area contributed by atoms with Crippen molar-refractivity contribution in [3.05, 3.63) is 4.91 Å². The van der Waals surface area contributed by atoms with E-state index in [-0.39, 0.29) is 0 Å². The predicted octanol–water partition coefficient (Wildman–Crippen LogP) is -0.152. The molecule has 0 heterocycles. The van der Waals surface area contributed by atoms with E-state index < -0.39 is 0 Å². The maximum Gasteiger partial charge on any atom is 0.0626 e. The van der Waals surface area contributed by atoms with E-state index in [1.54, 1.807) is 11.5 Å². The molecular formula is C2H2N2O. The quantitative estimate of drug-likeness (QED) is 0.202. The molecule has 0 aromatic heterocycles. The number of nitrogens with zero attached hydrogens (tertiary/aromatic N) is 1. The Hall–Kier alpha value is -1.04. The van der Waals surface area contributed by atoms with Gasteiger partial charge in [-0.15, -0.1) is 4.91 Å². The van der Waals surface area contributed by atoms with Gasteiger partial charge in [0.1, 0.15) is 0 Å². The smallest absolute Gasteiger partial charge is 0.0626 e. The van der Waals surface area contributed by atoms with Crippen LogP contribution in [0.25, 0.3) is 0 Å². The Labute approximate surface area is 29.3 Å². The average Bonchev–Trinajstić information content (AvgIpc) is 1.41. The van der Waals surface area contributed by atoms with E-state index in [4.69, 9.17) is 4.91 Å². The number of rotatable bonds is 1. The molecule has 0 unspecified atom stereocenters. The molecule has 0 rings (SSSR count). The van der Waals surface area contributed by atoms with Gasteiger partial charge in [0, 0.05) is 6.04 Å². The third kappa shape index (κ3) is 2.96. The number of hydrogen-bond acceptors (Lipinski definition) is 2. The number of terminal acetylenes is 1. The summed E-state index contributed by atoms with van der Waals surface area (Å²) in [7, 11) is 0. The Balaban J connectivity index is 2.75. The summed E-state index contributed by atoms with van der Waals surface area (Å²) in [4.78, 5) is 8.90. The molecule has 0 saturated heterocycles. The standard InChI is InChI=1S/C2H2N2O/c1-2-3-4-5/h1H,(H,3,5). The maximum absolute atomic E-state index is 8.90. The lowest BCUT2D eigenvalue weighted by molar-refractivity contribution is 0.995. The minimum atomic E-state index is 1.71. The number of nitroso groups, excluding NO2 is 1. The largest absolute Gasteiger partial charge is 0.199 e. The molecule has 0 radical (unpaired) electrons. The lowest BCUT2D eigenvalue weighted by atomic mass is 11.2. The van der Waals surface area contributed by atoms with Gasteiger partial charge < -0.3 is 0 Å². The van der Waals surface area contributed by atoms with Crippen molar-refractivity contribution in [3.8, 4) is 12.5 Å². The summed E-state index contributed by atoms with van der Waals surface area (Å²) >= 11 is 0. The second-order valence-electron chi connectivity index (χ2n) is 0.347. The molecule has 0 aromatic carbocycles. The highest BCUT2D eigenvalue weighted by molar-refractivity contribution is 4.76. The monoisotopic (exact) mass is 70.0 g/mol. The van der Waals surface area contributed by atoms with Gasteiger partial charge in [-0.3, -0.25) is 0 Å². The van der Waals surface area contributed by atoms with Crippen LogP contribution in [0.2, 0.25) is 0 Å². The van der Waals surface area contributed by atoms with E-state index in [2.05, 4.69) is 11.7 Å². The molecule has 0 fully saturated rings. The first-order valence-electron chi connectivity index (χ1n) is 0.945. The Morgan fingerprint density at radius 3 is 2.60 bits per heavy atom. The van der Waals surface area contributed by atoms with Crippen LogP contribution < -0.4 is 5.43 Å². The molecule has 26 valence electrons.